The maximum Gasteiger partial charge on any atom is 0.337 e. The number of esters is 1. The quantitative estimate of drug-likeness (QED) is 0.556. The van der Waals surface area contributed by atoms with E-state index in [-0.39, 0.29) is 36.7 Å². The molecule has 0 aliphatic carbocycles. The van der Waals surface area contributed by atoms with E-state index in [2.05, 4.69) is 21.2 Å². The summed E-state index contributed by atoms with van der Waals surface area (Å²) in [5.41, 5.74) is 1.36. The lowest BCUT2D eigenvalue weighted by atomic mass is 10.1. The number of anilines is 1. The van der Waals surface area contributed by atoms with Crippen LogP contribution >= 0.6 is 15.9 Å². The molecule has 0 unspecified atom stereocenters. The minimum absolute atomic E-state index is 0.0670. The average Bonchev–Trinajstić information content (AvgIpc) is 2.85. The normalized spacial score (nSPS) is 14.2. The molecule has 2 N–H and O–H groups in total. The smallest absolute Gasteiger partial charge is 0.337 e. The van der Waals surface area contributed by atoms with Crippen molar-refractivity contribution in [2.45, 2.75) is 6.92 Å². The topological polar surface area (TPSA) is 95.9 Å². The van der Waals surface area contributed by atoms with Crippen molar-refractivity contribution in [1.29, 1.82) is 0 Å². The predicted octanol–water partition coefficient (Wildman–Crippen LogP) is 1.33. The Morgan fingerprint density at radius 1 is 1.42 bits per heavy atom. The summed E-state index contributed by atoms with van der Waals surface area (Å²) in [6.07, 6.45) is 0. The number of β-amino-alcohol motifs (C(OH)–C–C–N with tert-alkyl or cyclic N) is 1. The van der Waals surface area contributed by atoms with Gasteiger partial charge in [-0.25, -0.2) is 4.79 Å². The summed E-state index contributed by atoms with van der Waals surface area (Å²) < 4.78 is 5.31. The van der Waals surface area contributed by atoms with Gasteiger partial charge in [-0.15, -0.1) is 0 Å². The van der Waals surface area contributed by atoms with Crippen molar-refractivity contribution in [2.24, 2.45) is 0 Å². The lowest BCUT2D eigenvalue weighted by Gasteiger charge is -2.15. The number of aliphatic hydroxyl groups excluding tert-OH is 1. The van der Waals surface area contributed by atoms with Crippen molar-refractivity contribution in [3.05, 3.63) is 39.5 Å². The summed E-state index contributed by atoms with van der Waals surface area (Å²) in [7, 11) is 1.24. The first kappa shape index (κ1) is 18.2. The highest BCUT2D eigenvalue weighted by molar-refractivity contribution is 9.10. The Hall–Kier alpha value is -2.19. The number of amides is 1. The van der Waals surface area contributed by atoms with E-state index in [0.717, 1.165) is 0 Å². The predicted molar refractivity (Wildman–Crippen MR) is 90.5 cm³/mol. The van der Waals surface area contributed by atoms with Crippen LogP contribution in [0.5, 0.6) is 0 Å². The molecule has 1 heterocycles. The largest absolute Gasteiger partial charge is 0.466 e. The van der Waals surface area contributed by atoms with Crippen molar-refractivity contribution in [3.8, 4) is 0 Å². The molecule has 128 valence electrons. The Morgan fingerprint density at radius 2 is 2.12 bits per heavy atom. The number of rotatable bonds is 6. The molecule has 0 bridgehead atoms. The molecule has 0 saturated carbocycles. The van der Waals surface area contributed by atoms with Crippen LogP contribution in [0.4, 0.5) is 5.69 Å². The van der Waals surface area contributed by atoms with E-state index < -0.39 is 11.9 Å². The number of hydrogen-bond acceptors (Lipinski definition) is 6. The van der Waals surface area contributed by atoms with Gasteiger partial charge in [0.05, 0.1) is 31.5 Å². The zero-order valence-corrected chi connectivity index (χ0v) is 14.8. The number of nitrogens with zero attached hydrogens (tertiary/aromatic N) is 1. The van der Waals surface area contributed by atoms with Gasteiger partial charge >= 0.3 is 5.97 Å². The van der Waals surface area contributed by atoms with Gasteiger partial charge < -0.3 is 20.1 Å². The Morgan fingerprint density at radius 3 is 2.67 bits per heavy atom. The molecule has 1 aliphatic rings. The van der Waals surface area contributed by atoms with Crippen molar-refractivity contribution in [2.75, 3.05) is 32.1 Å². The molecular formula is C16H17BrN2O5. The Labute approximate surface area is 147 Å². The number of carbonyl (C=O) groups excluding carboxylic acids is 3. The van der Waals surface area contributed by atoms with E-state index in [1.165, 1.54) is 18.9 Å². The summed E-state index contributed by atoms with van der Waals surface area (Å²) in [6, 6.07) is 4.90. The van der Waals surface area contributed by atoms with Gasteiger partial charge in [0.2, 0.25) is 0 Å². The maximum atomic E-state index is 12.4. The minimum atomic E-state index is -0.609. The number of hydrogen-bond donors (Lipinski definition) is 2. The van der Waals surface area contributed by atoms with Crippen LogP contribution in [0, 0.1) is 0 Å². The lowest BCUT2D eigenvalue weighted by Crippen LogP contribution is -2.31. The van der Waals surface area contributed by atoms with E-state index in [9.17, 15) is 14.4 Å². The van der Waals surface area contributed by atoms with Crippen LogP contribution in [0.15, 0.2) is 33.9 Å². The molecule has 0 spiro atoms. The van der Waals surface area contributed by atoms with E-state index in [0.29, 0.717) is 15.7 Å². The second kappa shape index (κ2) is 7.59. The number of ether oxygens (including phenoxy) is 1. The molecule has 0 radical (unpaired) electrons. The van der Waals surface area contributed by atoms with Crippen molar-refractivity contribution < 1.29 is 24.2 Å². The number of halogens is 1. The molecule has 1 aromatic rings. The fourth-order valence-electron chi connectivity index (χ4n) is 2.32. The van der Waals surface area contributed by atoms with Crippen LogP contribution in [-0.2, 0) is 14.3 Å². The maximum absolute atomic E-state index is 12.4. The van der Waals surface area contributed by atoms with E-state index in [1.54, 1.807) is 18.2 Å². The number of carbonyl (C=O) groups is 3. The number of Topliss-reactive ketones (excluding diaryl/α,β-unsaturated/α-hetero) is 1. The summed E-state index contributed by atoms with van der Waals surface area (Å²) >= 11 is 3.34. The molecule has 1 amide bonds. The standard InChI is InChI=1S/C16H17BrN2O5/c1-9(21)10-3-4-13(12(17)7-10)18-14-11(16(23)24-2)8-19(5-6-20)15(14)22/h3-4,7,18,20H,5-6,8H2,1-2H3. The van der Waals surface area contributed by atoms with Gasteiger partial charge in [0.25, 0.3) is 5.91 Å². The Balaban J connectivity index is 2.35. The van der Waals surface area contributed by atoms with Gasteiger partial charge in [-0.05, 0) is 41.1 Å². The summed E-state index contributed by atoms with van der Waals surface area (Å²) in [4.78, 5) is 37.1. The number of aliphatic hydroxyl groups is 1. The summed E-state index contributed by atoms with van der Waals surface area (Å²) in [5, 5.41) is 12.0. The van der Waals surface area contributed by atoms with Crippen LogP contribution in [0.1, 0.15) is 17.3 Å². The first-order chi connectivity index (χ1) is 11.4. The highest BCUT2D eigenvalue weighted by atomic mass is 79.9. The third-order valence-electron chi connectivity index (χ3n) is 3.59. The van der Waals surface area contributed by atoms with E-state index in [4.69, 9.17) is 9.84 Å². The van der Waals surface area contributed by atoms with Crippen molar-refractivity contribution in [3.63, 3.8) is 0 Å². The Bertz CT molecular complexity index is 729. The van der Waals surface area contributed by atoms with Gasteiger partial charge in [0, 0.05) is 16.6 Å². The third-order valence-corrected chi connectivity index (χ3v) is 4.24. The first-order valence-electron chi connectivity index (χ1n) is 7.18. The number of nitrogens with one attached hydrogen (secondary N) is 1. The summed E-state index contributed by atoms with van der Waals surface area (Å²) in [5.74, 6) is -1.09. The van der Waals surface area contributed by atoms with Gasteiger partial charge in [0.1, 0.15) is 5.70 Å². The molecule has 8 heteroatoms. The third kappa shape index (κ3) is 3.65. The van der Waals surface area contributed by atoms with Gasteiger partial charge in [0.15, 0.2) is 5.78 Å². The number of methoxy groups -OCH3 is 1. The molecule has 0 saturated heterocycles. The molecule has 1 aromatic carbocycles. The monoisotopic (exact) mass is 396 g/mol. The zero-order valence-electron chi connectivity index (χ0n) is 13.3. The number of benzene rings is 1. The fourth-order valence-corrected chi connectivity index (χ4v) is 2.80. The molecule has 7 nitrogen and oxygen atoms in total. The van der Waals surface area contributed by atoms with Crippen LogP contribution in [0.25, 0.3) is 0 Å². The second-order valence-corrected chi connectivity index (χ2v) is 6.03. The van der Waals surface area contributed by atoms with Crippen LogP contribution in [-0.4, -0.2) is 54.5 Å². The molecule has 0 fully saturated rings. The molecule has 1 aliphatic heterocycles. The van der Waals surface area contributed by atoms with Crippen LogP contribution < -0.4 is 5.32 Å². The van der Waals surface area contributed by atoms with Crippen molar-refractivity contribution >= 4 is 39.3 Å². The van der Waals surface area contributed by atoms with E-state index >= 15 is 0 Å². The highest BCUT2D eigenvalue weighted by Gasteiger charge is 2.34. The van der Waals surface area contributed by atoms with Gasteiger partial charge in [-0.1, -0.05) is 0 Å². The van der Waals surface area contributed by atoms with Gasteiger partial charge in [-0.2, -0.15) is 0 Å². The minimum Gasteiger partial charge on any atom is -0.466 e. The van der Waals surface area contributed by atoms with Gasteiger partial charge in [-0.3, -0.25) is 9.59 Å². The molecule has 2 rings (SSSR count). The highest BCUT2D eigenvalue weighted by Crippen LogP contribution is 2.28. The fraction of sp³-hybridized carbons (Fsp3) is 0.312. The van der Waals surface area contributed by atoms with Crippen molar-refractivity contribution in [1.82, 2.24) is 4.90 Å². The van der Waals surface area contributed by atoms with E-state index in [1.807, 2.05) is 0 Å². The molecule has 0 aromatic heterocycles. The SMILES string of the molecule is COC(=O)C1=C(Nc2ccc(C(C)=O)cc2Br)C(=O)N(CCO)C1. The molecule has 0 atom stereocenters. The number of ketones is 1. The Kier molecular flexibility index (Phi) is 5.74. The molecule has 24 heavy (non-hydrogen) atoms. The summed E-state index contributed by atoms with van der Waals surface area (Å²) in [6.45, 7) is 1.44. The van der Waals surface area contributed by atoms with Crippen LogP contribution in [0.2, 0.25) is 0 Å². The second-order valence-electron chi connectivity index (χ2n) is 5.17. The zero-order chi connectivity index (χ0) is 17.9. The lowest BCUT2D eigenvalue weighted by molar-refractivity contribution is -0.136. The molecular weight excluding hydrogens is 380 g/mol. The average molecular weight is 397 g/mol. The first-order valence-corrected chi connectivity index (χ1v) is 7.97. The van der Waals surface area contributed by atoms with Crippen LogP contribution in [0.3, 0.4) is 0 Å².